The molecule has 4 nitrogen and oxygen atoms in total. The summed E-state index contributed by atoms with van der Waals surface area (Å²) < 4.78 is 1.82. The minimum absolute atomic E-state index is 0.129. The van der Waals surface area contributed by atoms with Crippen LogP contribution >= 0.6 is 11.8 Å². The lowest BCUT2D eigenvalue weighted by Crippen LogP contribution is -2.47. The first-order valence-corrected chi connectivity index (χ1v) is 7.10. The number of aliphatic hydroxyl groups excluding tert-OH is 1. The van der Waals surface area contributed by atoms with Crippen molar-refractivity contribution in [3.8, 4) is 0 Å². The SMILES string of the molecule is Cn1cc(SCCC(C)(CO)NC2CC2)cn1. The highest BCUT2D eigenvalue weighted by atomic mass is 32.2. The average Bonchev–Trinajstić information content (AvgIpc) is 3.00. The minimum atomic E-state index is -0.129. The van der Waals surface area contributed by atoms with E-state index in [1.807, 2.05) is 24.1 Å². The van der Waals surface area contributed by atoms with Gasteiger partial charge in [-0.3, -0.25) is 4.68 Å². The number of rotatable bonds is 7. The van der Waals surface area contributed by atoms with Gasteiger partial charge in [-0.05, 0) is 31.9 Å². The molecule has 0 aliphatic heterocycles. The Balaban J connectivity index is 1.75. The number of hydrogen-bond donors (Lipinski definition) is 2. The Labute approximate surface area is 107 Å². The Kier molecular flexibility index (Phi) is 4.12. The molecule has 1 aromatic rings. The van der Waals surface area contributed by atoms with Crippen molar-refractivity contribution in [1.82, 2.24) is 15.1 Å². The van der Waals surface area contributed by atoms with Crippen molar-refractivity contribution < 1.29 is 5.11 Å². The van der Waals surface area contributed by atoms with Gasteiger partial charge in [0.05, 0.1) is 12.8 Å². The Bertz CT molecular complexity index is 364. The van der Waals surface area contributed by atoms with Crippen LogP contribution < -0.4 is 5.32 Å². The van der Waals surface area contributed by atoms with E-state index >= 15 is 0 Å². The highest BCUT2D eigenvalue weighted by Crippen LogP contribution is 2.26. The van der Waals surface area contributed by atoms with E-state index in [1.165, 1.54) is 17.7 Å². The third-order valence-corrected chi connectivity index (χ3v) is 4.04. The van der Waals surface area contributed by atoms with Crippen LogP contribution in [0.5, 0.6) is 0 Å². The van der Waals surface area contributed by atoms with E-state index in [0.29, 0.717) is 6.04 Å². The molecule has 0 saturated heterocycles. The molecule has 1 atom stereocenters. The van der Waals surface area contributed by atoms with Gasteiger partial charge in [0.2, 0.25) is 0 Å². The quantitative estimate of drug-likeness (QED) is 0.723. The molecule has 2 rings (SSSR count). The Morgan fingerprint density at radius 2 is 2.41 bits per heavy atom. The second-order valence-corrected chi connectivity index (χ2v) is 6.25. The third-order valence-electron chi connectivity index (χ3n) is 3.08. The summed E-state index contributed by atoms with van der Waals surface area (Å²) in [5, 5.41) is 17.1. The summed E-state index contributed by atoms with van der Waals surface area (Å²) in [7, 11) is 1.93. The molecule has 1 aliphatic rings. The van der Waals surface area contributed by atoms with Crippen molar-refractivity contribution in [2.24, 2.45) is 7.05 Å². The lowest BCUT2D eigenvalue weighted by molar-refractivity contribution is 0.169. The number of nitrogens with zero attached hydrogens (tertiary/aromatic N) is 2. The molecule has 1 unspecified atom stereocenters. The molecule has 1 aromatic heterocycles. The predicted molar refractivity (Wildman–Crippen MR) is 70.2 cm³/mol. The van der Waals surface area contributed by atoms with E-state index in [0.717, 1.165) is 12.2 Å². The average molecular weight is 255 g/mol. The van der Waals surface area contributed by atoms with E-state index in [9.17, 15) is 5.11 Å². The maximum atomic E-state index is 9.48. The van der Waals surface area contributed by atoms with Crippen LogP contribution in [-0.4, -0.2) is 38.8 Å². The van der Waals surface area contributed by atoms with Crippen molar-refractivity contribution in [3.63, 3.8) is 0 Å². The number of aryl methyl sites for hydroxylation is 1. The van der Waals surface area contributed by atoms with Gasteiger partial charge in [0.15, 0.2) is 0 Å². The number of nitrogens with one attached hydrogen (secondary N) is 1. The second-order valence-electron chi connectivity index (χ2n) is 5.09. The highest BCUT2D eigenvalue weighted by Gasteiger charge is 2.31. The highest BCUT2D eigenvalue weighted by molar-refractivity contribution is 7.99. The van der Waals surface area contributed by atoms with Gasteiger partial charge in [0.1, 0.15) is 0 Å². The van der Waals surface area contributed by atoms with Gasteiger partial charge in [-0.1, -0.05) is 0 Å². The van der Waals surface area contributed by atoms with Crippen molar-refractivity contribution in [1.29, 1.82) is 0 Å². The van der Waals surface area contributed by atoms with Gasteiger partial charge >= 0.3 is 0 Å². The van der Waals surface area contributed by atoms with Crippen LogP contribution in [0, 0.1) is 0 Å². The third kappa shape index (κ3) is 4.01. The molecule has 17 heavy (non-hydrogen) atoms. The Morgan fingerprint density at radius 3 is 2.94 bits per heavy atom. The molecule has 5 heteroatoms. The first-order chi connectivity index (χ1) is 8.11. The molecule has 0 amide bonds. The lowest BCUT2D eigenvalue weighted by Gasteiger charge is -2.28. The molecule has 0 aromatic carbocycles. The van der Waals surface area contributed by atoms with E-state index < -0.39 is 0 Å². The minimum Gasteiger partial charge on any atom is -0.394 e. The maximum Gasteiger partial charge on any atom is 0.0625 e. The summed E-state index contributed by atoms with van der Waals surface area (Å²) in [6.45, 7) is 2.31. The van der Waals surface area contributed by atoms with E-state index in [4.69, 9.17) is 0 Å². The molecular weight excluding hydrogens is 234 g/mol. The molecule has 0 bridgehead atoms. The van der Waals surface area contributed by atoms with Crippen LogP contribution in [0.2, 0.25) is 0 Å². The molecule has 0 radical (unpaired) electrons. The Morgan fingerprint density at radius 1 is 1.65 bits per heavy atom. The van der Waals surface area contributed by atoms with Crippen LogP contribution in [0.25, 0.3) is 0 Å². The van der Waals surface area contributed by atoms with Gasteiger partial charge in [0.25, 0.3) is 0 Å². The molecular formula is C12H21N3OS. The summed E-state index contributed by atoms with van der Waals surface area (Å²) in [4.78, 5) is 1.19. The zero-order chi connectivity index (χ0) is 12.3. The fourth-order valence-electron chi connectivity index (χ4n) is 1.78. The molecule has 1 heterocycles. The zero-order valence-electron chi connectivity index (χ0n) is 10.5. The zero-order valence-corrected chi connectivity index (χ0v) is 11.3. The monoisotopic (exact) mass is 255 g/mol. The molecule has 96 valence electrons. The van der Waals surface area contributed by atoms with Gasteiger partial charge < -0.3 is 10.4 Å². The summed E-state index contributed by atoms with van der Waals surface area (Å²) >= 11 is 1.80. The van der Waals surface area contributed by atoms with Crippen LogP contribution in [-0.2, 0) is 7.05 Å². The normalized spacial score (nSPS) is 19.2. The molecule has 0 spiro atoms. The Hall–Kier alpha value is -0.520. The maximum absolute atomic E-state index is 9.48. The largest absolute Gasteiger partial charge is 0.394 e. The van der Waals surface area contributed by atoms with Crippen LogP contribution in [0.15, 0.2) is 17.3 Å². The molecule has 1 fully saturated rings. The van der Waals surface area contributed by atoms with Crippen molar-refractivity contribution in [3.05, 3.63) is 12.4 Å². The van der Waals surface area contributed by atoms with Crippen LogP contribution in [0.3, 0.4) is 0 Å². The lowest BCUT2D eigenvalue weighted by atomic mass is 10.0. The van der Waals surface area contributed by atoms with Crippen LogP contribution in [0.1, 0.15) is 26.2 Å². The van der Waals surface area contributed by atoms with Gasteiger partial charge in [-0.2, -0.15) is 5.10 Å². The van der Waals surface area contributed by atoms with E-state index in [2.05, 4.69) is 17.3 Å². The molecule has 1 aliphatic carbocycles. The van der Waals surface area contributed by atoms with Crippen molar-refractivity contribution in [2.75, 3.05) is 12.4 Å². The fraction of sp³-hybridized carbons (Fsp3) is 0.750. The number of aromatic nitrogens is 2. The van der Waals surface area contributed by atoms with Gasteiger partial charge in [0, 0.05) is 29.7 Å². The topological polar surface area (TPSA) is 50.1 Å². The van der Waals surface area contributed by atoms with Crippen molar-refractivity contribution in [2.45, 2.75) is 42.7 Å². The molecule has 2 N–H and O–H groups in total. The van der Waals surface area contributed by atoms with Gasteiger partial charge in [-0.15, -0.1) is 11.8 Å². The first-order valence-electron chi connectivity index (χ1n) is 6.11. The van der Waals surface area contributed by atoms with E-state index in [-0.39, 0.29) is 12.1 Å². The summed E-state index contributed by atoms with van der Waals surface area (Å²) in [6, 6.07) is 0.635. The summed E-state index contributed by atoms with van der Waals surface area (Å²) in [6.07, 6.45) is 7.39. The van der Waals surface area contributed by atoms with E-state index in [1.54, 1.807) is 11.8 Å². The van der Waals surface area contributed by atoms with Crippen LogP contribution in [0.4, 0.5) is 0 Å². The van der Waals surface area contributed by atoms with Gasteiger partial charge in [-0.25, -0.2) is 0 Å². The van der Waals surface area contributed by atoms with Crippen molar-refractivity contribution >= 4 is 11.8 Å². The summed E-state index contributed by atoms with van der Waals surface area (Å²) in [5.74, 6) is 1.00. The smallest absolute Gasteiger partial charge is 0.0625 e. The number of aliphatic hydroxyl groups is 1. The first kappa shape index (κ1) is 12.9. The molecule has 1 saturated carbocycles. The fourth-order valence-corrected chi connectivity index (χ4v) is 2.92. The standard InChI is InChI=1S/C12H21N3OS/c1-12(9-16,14-10-3-4-10)5-6-17-11-7-13-15(2)8-11/h7-8,10,14,16H,3-6,9H2,1-2H3. The summed E-state index contributed by atoms with van der Waals surface area (Å²) in [5.41, 5.74) is -0.129. The predicted octanol–water partition coefficient (Wildman–Crippen LogP) is 1.41. The number of hydrogen-bond acceptors (Lipinski definition) is 4. The second kappa shape index (κ2) is 5.42. The number of thioether (sulfide) groups is 1.